The number of likely N-dealkylation sites (tertiary alicyclic amines) is 1. The summed E-state index contributed by atoms with van der Waals surface area (Å²) in [5.41, 5.74) is 0. The van der Waals surface area contributed by atoms with Gasteiger partial charge in [0.1, 0.15) is 0 Å². The third kappa shape index (κ3) is 4.91. The minimum atomic E-state index is -0.0245. The van der Waals surface area contributed by atoms with Crippen molar-refractivity contribution in [2.45, 2.75) is 31.8 Å². The lowest BCUT2D eigenvalue weighted by Crippen LogP contribution is -2.47. The Hall–Kier alpha value is -0.810. The maximum atomic E-state index is 11.3. The highest BCUT2D eigenvalue weighted by atomic mass is 16.2. The molecule has 0 aromatic carbocycles. The molecule has 0 aromatic heterocycles. The molecule has 1 saturated heterocycles. The molecule has 2 amide bonds. The van der Waals surface area contributed by atoms with Crippen molar-refractivity contribution in [3.63, 3.8) is 0 Å². The molecule has 0 aliphatic carbocycles. The van der Waals surface area contributed by atoms with Gasteiger partial charge in [-0.1, -0.05) is 0 Å². The summed E-state index contributed by atoms with van der Waals surface area (Å²) in [5, 5.41) is 6.36. The van der Waals surface area contributed by atoms with Gasteiger partial charge < -0.3 is 20.4 Å². The van der Waals surface area contributed by atoms with Crippen LogP contribution >= 0.6 is 0 Å². The smallest absolute Gasteiger partial charge is 0.316 e. The first kappa shape index (κ1) is 14.3. The average Bonchev–Trinajstić information content (AvgIpc) is 2.28. The zero-order chi connectivity index (χ0) is 12.8. The first-order valence-corrected chi connectivity index (χ1v) is 6.39. The molecule has 100 valence electrons. The molecule has 2 atom stereocenters. The van der Waals surface area contributed by atoms with E-state index in [-0.39, 0.29) is 6.03 Å². The SMILES string of the molecule is CC1CC(NCCNC(=O)N(C)C)CCN1C. The van der Waals surface area contributed by atoms with E-state index in [2.05, 4.69) is 29.5 Å². The number of nitrogens with zero attached hydrogens (tertiary/aromatic N) is 2. The summed E-state index contributed by atoms with van der Waals surface area (Å²) in [7, 11) is 5.68. The largest absolute Gasteiger partial charge is 0.337 e. The van der Waals surface area contributed by atoms with Gasteiger partial charge >= 0.3 is 6.03 Å². The molecule has 5 nitrogen and oxygen atoms in total. The van der Waals surface area contributed by atoms with Gasteiger partial charge in [-0.2, -0.15) is 0 Å². The molecule has 5 heteroatoms. The third-order valence-corrected chi connectivity index (χ3v) is 3.45. The van der Waals surface area contributed by atoms with Gasteiger partial charge in [-0.25, -0.2) is 4.79 Å². The van der Waals surface area contributed by atoms with Crippen LogP contribution in [-0.4, -0.2) is 68.7 Å². The molecule has 0 aromatic rings. The number of hydrogen-bond acceptors (Lipinski definition) is 3. The zero-order valence-corrected chi connectivity index (χ0v) is 11.5. The van der Waals surface area contributed by atoms with Crippen molar-refractivity contribution in [2.24, 2.45) is 0 Å². The number of nitrogens with one attached hydrogen (secondary N) is 2. The van der Waals surface area contributed by atoms with Crippen LogP contribution in [0.25, 0.3) is 0 Å². The monoisotopic (exact) mass is 242 g/mol. The number of hydrogen-bond donors (Lipinski definition) is 2. The predicted octanol–water partition coefficient (Wildman–Crippen LogP) is 0.330. The number of amides is 2. The Morgan fingerprint density at radius 2 is 2.12 bits per heavy atom. The van der Waals surface area contributed by atoms with Crippen LogP contribution in [0.15, 0.2) is 0 Å². The minimum absolute atomic E-state index is 0.0245. The minimum Gasteiger partial charge on any atom is -0.337 e. The Balaban J connectivity index is 2.09. The van der Waals surface area contributed by atoms with Gasteiger partial charge in [-0.15, -0.1) is 0 Å². The Morgan fingerprint density at radius 3 is 2.71 bits per heavy atom. The molecule has 1 aliphatic rings. The zero-order valence-electron chi connectivity index (χ0n) is 11.5. The summed E-state index contributed by atoms with van der Waals surface area (Å²) < 4.78 is 0. The standard InChI is InChI=1S/C12H26N4O/c1-10-9-11(5-8-16(10)4)13-6-7-14-12(17)15(2)3/h10-11,13H,5-9H2,1-4H3,(H,14,17). The van der Waals surface area contributed by atoms with E-state index in [4.69, 9.17) is 0 Å². The van der Waals surface area contributed by atoms with Gasteiger partial charge in [0.2, 0.25) is 0 Å². The van der Waals surface area contributed by atoms with Crippen LogP contribution in [0.2, 0.25) is 0 Å². The van der Waals surface area contributed by atoms with E-state index in [0.29, 0.717) is 18.6 Å². The molecule has 0 bridgehead atoms. The molecule has 2 N–H and O–H groups in total. The average molecular weight is 242 g/mol. The molecular weight excluding hydrogens is 216 g/mol. The van der Waals surface area contributed by atoms with Crippen molar-refractivity contribution in [3.8, 4) is 0 Å². The van der Waals surface area contributed by atoms with Crippen LogP contribution in [0.1, 0.15) is 19.8 Å². The molecule has 0 saturated carbocycles. The van der Waals surface area contributed by atoms with Crippen LogP contribution in [0, 0.1) is 0 Å². The third-order valence-electron chi connectivity index (χ3n) is 3.45. The summed E-state index contributed by atoms with van der Waals surface area (Å²) in [6.45, 7) is 4.96. The lowest BCUT2D eigenvalue weighted by molar-refractivity contribution is 0.168. The first-order chi connectivity index (χ1) is 8.00. The number of carbonyl (C=O) groups excluding carboxylic acids is 1. The summed E-state index contributed by atoms with van der Waals surface area (Å²) in [5.74, 6) is 0. The lowest BCUT2D eigenvalue weighted by atomic mass is 9.99. The van der Waals surface area contributed by atoms with Crippen molar-refractivity contribution in [1.82, 2.24) is 20.4 Å². The molecule has 0 spiro atoms. The van der Waals surface area contributed by atoms with Gasteiger partial charge in [0.15, 0.2) is 0 Å². The fourth-order valence-corrected chi connectivity index (χ4v) is 2.08. The van der Waals surface area contributed by atoms with Gasteiger partial charge in [0.25, 0.3) is 0 Å². The Morgan fingerprint density at radius 1 is 1.41 bits per heavy atom. The highest BCUT2D eigenvalue weighted by Gasteiger charge is 2.21. The second-order valence-corrected chi connectivity index (χ2v) is 5.13. The van der Waals surface area contributed by atoms with Gasteiger partial charge in [-0.05, 0) is 33.4 Å². The van der Waals surface area contributed by atoms with E-state index in [1.165, 1.54) is 12.8 Å². The normalized spacial score (nSPS) is 25.6. The van der Waals surface area contributed by atoms with Crippen LogP contribution in [0.3, 0.4) is 0 Å². The molecule has 1 heterocycles. The molecule has 2 unspecified atom stereocenters. The molecular formula is C12H26N4O. The molecule has 1 rings (SSSR count). The predicted molar refractivity (Wildman–Crippen MR) is 70.2 cm³/mol. The maximum Gasteiger partial charge on any atom is 0.316 e. The van der Waals surface area contributed by atoms with Crippen molar-refractivity contribution < 1.29 is 4.79 Å². The number of carbonyl (C=O) groups is 1. The van der Waals surface area contributed by atoms with Crippen molar-refractivity contribution >= 4 is 6.03 Å². The summed E-state index contributed by atoms with van der Waals surface area (Å²) >= 11 is 0. The van der Waals surface area contributed by atoms with E-state index in [9.17, 15) is 4.79 Å². The van der Waals surface area contributed by atoms with E-state index >= 15 is 0 Å². The summed E-state index contributed by atoms with van der Waals surface area (Å²) in [6, 6.07) is 1.22. The van der Waals surface area contributed by atoms with Crippen molar-refractivity contribution in [3.05, 3.63) is 0 Å². The fourth-order valence-electron chi connectivity index (χ4n) is 2.08. The van der Waals surface area contributed by atoms with E-state index in [1.54, 1.807) is 19.0 Å². The lowest BCUT2D eigenvalue weighted by Gasteiger charge is -2.35. The van der Waals surface area contributed by atoms with Gasteiger partial charge in [0.05, 0.1) is 0 Å². The van der Waals surface area contributed by atoms with Crippen molar-refractivity contribution in [2.75, 3.05) is 40.8 Å². The number of rotatable bonds is 4. The van der Waals surface area contributed by atoms with E-state index in [0.717, 1.165) is 13.1 Å². The van der Waals surface area contributed by atoms with Crippen LogP contribution in [0.4, 0.5) is 4.79 Å². The number of urea groups is 1. The quantitative estimate of drug-likeness (QED) is 0.699. The van der Waals surface area contributed by atoms with Gasteiger partial charge in [0, 0.05) is 39.3 Å². The Labute approximate surface area is 105 Å². The summed E-state index contributed by atoms with van der Waals surface area (Å²) in [6.07, 6.45) is 2.39. The Kier molecular flexibility index (Phi) is 5.71. The molecule has 1 fully saturated rings. The van der Waals surface area contributed by atoms with Crippen LogP contribution < -0.4 is 10.6 Å². The molecule has 17 heavy (non-hydrogen) atoms. The van der Waals surface area contributed by atoms with E-state index < -0.39 is 0 Å². The van der Waals surface area contributed by atoms with Crippen molar-refractivity contribution in [1.29, 1.82) is 0 Å². The fraction of sp³-hybridized carbons (Fsp3) is 0.917. The first-order valence-electron chi connectivity index (χ1n) is 6.39. The van der Waals surface area contributed by atoms with Gasteiger partial charge in [-0.3, -0.25) is 0 Å². The second kappa shape index (κ2) is 6.81. The molecule has 1 aliphatic heterocycles. The Bertz CT molecular complexity index is 245. The number of piperidine rings is 1. The highest BCUT2D eigenvalue weighted by Crippen LogP contribution is 2.14. The van der Waals surface area contributed by atoms with Crippen LogP contribution in [0.5, 0.6) is 0 Å². The molecule has 0 radical (unpaired) electrons. The van der Waals surface area contributed by atoms with E-state index in [1.807, 2.05) is 0 Å². The second-order valence-electron chi connectivity index (χ2n) is 5.13. The highest BCUT2D eigenvalue weighted by molar-refractivity contribution is 5.73. The maximum absolute atomic E-state index is 11.3. The topological polar surface area (TPSA) is 47.6 Å². The summed E-state index contributed by atoms with van der Waals surface area (Å²) in [4.78, 5) is 15.2. The van der Waals surface area contributed by atoms with Crippen LogP contribution in [-0.2, 0) is 0 Å².